The molecule has 5 heteroatoms. The summed E-state index contributed by atoms with van der Waals surface area (Å²) in [6.07, 6.45) is 4.13. The van der Waals surface area contributed by atoms with Crippen molar-refractivity contribution in [3.63, 3.8) is 0 Å². The van der Waals surface area contributed by atoms with Crippen LogP contribution in [0.4, 0.5) is 11.6 Å². The Hall–Kier alpha value is -1.52. The Labute approximate surface area is 95.6 Å². The average molecular weight is 222 g/mol. The highest BCUT2D eigenvalue weighted by atomic mass is 16.5. The molecule has 0 unspecified atom stereocenters. The van der Waals surface area contributed by atoms with Gasteiger partial charge in [-0.1, -0.05) is 0 Å². The number of aromatic nitrogens is 2. The third-order valence-corrected chi connectivity index (χ3v) is 2.87. The van der Waals surface area contributed by atoms with Gasteiger partial charge in [0, 0.05) is 13.1 Å². The zero-order valence-electron chi connectivity index (χ0n) is 9.81. The first kappa shape index (κ1) is 11.0. The smallest absolute Gasteiger partial charge is 0.204 e. The van der Waals surface area contributed by atoms with Crippen LogP contribution in [0.2, 0.25) is 0 Å². The summed E-state index contributed by atoms with van der Waals surface area (Å²) in [6, 6.07) is 0. The fraction of sp³-hybridized carbons (Fsp3) is 0.636. The molecular formula is C11H18N4O. The molecule has 88 valence electrons. The summed E-state index contributed by atoms with van der Waals surface area (Å²) in [4.78, 5) is 10.4. The van der Waals surface area contributed by atoms with E-state index in [-0.39, 0.29) is 0 Å². The maximum atomic E-state index is 5.77. The van der Waals surface area contributed by atoms with Gasteiger partial charge in [0.05, 0.1) is 7.11 Å². The molecule has 1 heterocycles. The number of rotatable bonds is 5. The SMILES string of the molecule is CCN(CC1CC1)c1ncnc(N)c1OC. The number of hydrogen-bond acceptors (Lipinski definition) is 5. The Balaban J connectivity index is 2.24. The summed E-state index contributed by atoms with van der Waals surface area (Å²) < 4.78 is 5.27. The monoisotopic (exact) mass is 222 g/mol. The minimum atomic E-state index is 0.404. The summed E-state index contributed by atoms with van der Waals surface area (Å²) in [5.41, 5.74) is 5.77. The first-order valence-electron chi connectivity index (χ1n) is 5.65. The minimum Gasteiger partial charge on any atom is -0.490 e. The van der Waals surface area contributed by atoms with Gasteiger partial charge in [-0.05, 0) is 25.7 Å². The Morgan fingerprint density at radius 1 is 1.50 bits per heavy atom. The lowest BCUT2D eigenvalue weighted by Gasteiger charge is -2.23. The van der Waals surface area contributed by atoms with Crippen molar-refractivity contribution in [3.05, 3.63) is 6.33 Å². The summed E-state index contributed by atoms with van der Waals surface area (Å²) in [6.45, 7) is 4.05. The molecule has 16 heavy (non-hydrogen) atoms. The van der Waals surface area contributed by atoms with E-state index in [0.29, 0.717) is 11.6 Å². The topological polar surface area (TPSA) is 64.3 Å². The molecule has 5 nitrogen and oxygen atoms in total. The molecule has 0 atom stereocenters. The maximum Gasteiger partial charge on any atom is 0.204 e. The van der Waals surface area contributed by atoms with Crippen LogP contribution < -0.4 is 15.4 Å². The number of nitrogens with two attached hydrogens (primary N) is 1. The van der Waals surface area contributed by atoms with Crippen LogP contribution in [0.5, 0.6) is 5.75 Å². The van der Waals surface area contributed by atoms with Gasteiger partial charge in [0.2, 0.25) is 5.75 Å². The highest BCUT2D eigenvalue weighted by Gasteiger charge is 2.26. The van der Waals surface area contributed by atoms with Crippen molar-refractivity contribution in [2.24, 2.45) is 5.92 Å². The summed E-state index contributed by atoms with van der Waals surface area (Å²) in [5.74, 6) is 2.61. The van der Waals surface area contributed by atoms with Gasteiger partial charge in [-0.2, -0.15) is 0 Å². The quantitative estimate of drug-likeness (QED) is 0.813. The lowest BCUT2D eigenvalue weighted by atomic mass is 10.3. The average Bonchev–Trinajstić information content (AvgIpc) is 3.09. The van der Waals surface area contributed by atoms with Crippen LogP contribution in [0, 0.1) is 5.92 Å². The van der Waals surface area contributed by atoms with Crippen LogP contribution in [0.3, 0.4) is 0 Å². The van der Waals surface area contributed by atoms with E-state index in [1.807, 2.05) is 0 Å². The number of nitrogens with zero attached hydrogens (tertiary/aromatic N) is 3. The third-order valence-electron chi connectivity index (χ3n) is 2.87. The molecular weight excluding hydrogens is 204 g/mol. The number of methoxy groups -OCH3 is 1. The van der Waals surface area contributed by atoms with Crippen molar-refractivity contribution in [1.29, 1.82) is 0 Å². The Bertz CT molecular complexity index is 365. The van der Waals surface area contributed by atoms with Gasteiger partial charge >= 0.3 is 0 Å². The summed E-state index contributed by atoms with van der Waals surface area (Å²) in [5, 5.41) is 0. The molecule has 1 fully saturated rings. The number of ether oxygens (including phenoxy) is 1. The van der Waals surface area contributed by atoms with Gasteiger partial charge in [0.15, 0.2) is 11.6 Å². The molecule has 0 saturated heterocycles. The largest absolute Gasteiger partial charge is 0.490 e. The first-order chi connectivity index (χ1) is 7.76. The molecule has 0 amide bonds. The minimum absolute atomic E-state index is 0.404. The highest BCUT2D eigenvalue weighted by molar-refractivity contribution is 5.62. The van der Waals surface area contributed by atoms with Crippen molar-refractivity contribution in [2.45, 2.75) is 19.8 Å². The molecule has 0 aliphatic heterocycles. The highest BCUT2D eigenvalue weighted by Crippen LogP contribution is 2.34. The fourth-order valence-corrected chi connectivity index (χ4v) is 1.78. The van der Waals surface area contributed by atoms with E-state index in [1.165, 1.54) is 19.2 Å². The zero-order valence-corrected chi connectivity index (χ0v) is 9.81. The van der Waals surface area contributed by atoms with E-state index >= 15 is 0 Å². The van der Waals surface area contributed by atoms with Gasteiger partial charge in [0.25, 0.3) is 0 Å². The van der Waals surface area contributed by atoms with Crippen LogP contribution in [0.25, 0.3) is 0 Å². The second kappa shape index (κ2) is 4.55. The predicted molar refractivity (Wildman–Crippen MR) is 63.6 cm³/mol. The molecule has 1 saturated carbocycles. The lowest BCUT2D eigenvalue weighted by Crippen LogP contribution is -2.27. The Morgan fingerprint density at radius 3 is 2.81 bits per heavy atom. The van der Waals surface area contributed by atoms with E-state index in [0.717, 1.165) is 24.8 Å². The van der Waals surface area contributed by atoms with Crippen molar-refractivity contribution in [2.75, 3.05) is 30.8 Å². The normalized spacial score (nSPS) is 14.9. The molecule has 0 bridgehead atoms. The predicted octanol–water partition coefficient (Wildman–Crippen LogP) is 1.30. The van der Waals surface area contributed by atoms with E-state index in [1.54, 1.807) is 7.11 Å². The Morgan fingerprint density at radius 2 is 2.25 bits per heavy atom. The summed E-state index contributed by atoms with van der Waals surface area (Å²) >= 11 is 0. The third kappa shape index (κ3) is 2.18. The van der Waals surface area contributed by atoms with Crippen LogP contribution in [-0.4, -0.2) is 30.2 Å². The van der Waals surface area contributed by atoms with Crippen LogP contribution >= 0.6 is 0 Å². The molecule has 0 aromatic carbocycles. The standard InChI is InChI=1S/C11H18N4O/c1-3-15(6-8-4-5-8)11-9(16-2)10(12)13-7-14-11/h7-8H,3-6H2,1-2H3,(H2,12,13,14). The van der Waals surface area contributed by atoms with Crippen molar-refractivity contribution in [3.8, 4) is 5.75 Å². The molecule has 1 aliphatic carbocycles. The van der Waals surface area contributed by atoms with E-state index < -0.39 is 0 Å². The van der Waals surface area contributed by atoms with Crippen molar-refractivity contribution < 1.29 is 4.74 Å². The van der Waals surface area contributed by atoms with Gasteiger partial charge in [0.1, 0.15) is 6.33 Å². The van der Waals surface area contributed by atoms with E-state index in [9.17, 15) is 0 Å². The lowest BCUT2D eigenvalue weighted by molar-refractivity contribution is 0.412. The summed E-state index contributed by atoms with van der Waals surface area (Å²) in [7, 11) is 1.60. The van der Waals surface area contributed by atoms with Crippen molar-refractivity contribution in [1.82, 2.24) is 9.97 Å². The second-order valence-electron chi connectivity index (χ2n) is 4.10. The maximum absolute atomic E-state index is 5.77. The van der Waals surface area contributed by atoms with E-state index in [4.69, 9.17) is 10.5 Å². The molecule has 1 aromatic heterocycles. The number of anilines is 2. The van der Waals surface area contributed by atoms with Gasteiger partial charge in [-0.15, -0.1) is 0 Å². The molecule has 0 spiro atoms. The second-order valence-corrected chi connectivity index (χ2v) is 4.10. The zero-order chi connectivity index (χ0) is 11.5. The van der Waals surface area contributed by atoms with Crippen LogP contribution in [-0.2, 0) is 0 Å². The molecule has 2 N–H and O–H groups in total. The van der Waals surface area contributed by atoms with Crippen LogP contribution in [0.1, 0.15) is 19.8 Å². The number of nitrogen functional groups attached to an aromatic ring is 1. The Kier molecular flexibility index (Phi) is 3.12. The van der Waals surface area contributed by atoms with Crippen LogP contribution in [0.15, 0.2) is 6.33 Å². The molecule has 0 radical (unpaired) electrons. The van der Waals surface area contributed by atoms with E-state index in [2.05, 4.69) is 21.8 Å². The molecule has 1 aliphatic rings. The molecule has 1 aromatic rings. The number of hydrogen-bond donors (Lipinski definition) is 1. The first-order valence-corrected chi connectivity index (χ1v) is 5.65. The molecule has 2 rings (SSSR count). The van der Waals surface area contributed by atoms with Gasteiger partial charge in [-0.3, -0.25) is 0 Å². The van der Waals surface area contributed by atoms with Gasteiger partial charge < -0.3 is 15.4 Å². The van der Waals surface area contributed by atoms with Crippen molar-refractivity contribution >= 4 is 11.6 Å². The fourth-order valence-electron chi connectivity index (χ4n) is 1.78. The van der Waals surface area contributed by atoms with Gasteiger partial charge in [-0.25, -0.2) is 9.97 Å².